The first-order valence-corrected chi connectivity index (χ1v) is 11.8. The summed E-state index contributed by atoms with van der Waals surface area (Å²) in [6.07, 6.45) is 11.2. The quantitative estimate of drug-likeness (QED) is 0.365. The largest absolute Gasteiger partial charge is 0.353 e. The summed E-state index contributed by atoms with van der Waals surface area (Å²) in [5.41, 5.74) is 0. The highest BCUT2D eigenvalue weighted by atomic mass is 32.2. The molecule has 0 bridgehead atoms. The van der Waals surface area contributed by atoms with Crippen molar-refractivity contribution in [3.8, 4) is 0 Å². The van der Waals surface area contributed by atoms with Gasteiger partial charge in [0.15, 0.2) is 0 Å². The third-order valence-electron chi connectivity index (χ3n) is 4.95. The normalized spacial score (nSPS) is 19.9. The van der Waals surface area contributed by atoms with Crippen molar-refractivity contribution in [2.75, 3.05) is 6.54 Å². The zero-order valence-corrected chi connectivity index (χ0v) is 17.9. The van der Waals surface area contributed by atoms with Gasteiger partial charge in [-0.2, -0.15) is 0 Å². The van der Waals surface area contributed by atoms with E-state index in [0.717, 1.165) is 37.0 Å². The second-order valence-electron chi connectivity index (χ2n) is 7.06. The van der Waals surface area contributed by atoms with Crippen LogP contribution in [0.25, 0.3) is 6.08 Å². The van der Waals surface area contributed by atoms with E-state index in [1.165, 1.54) is 31.0 Å². The van der Waals surface area contributed by atoms with Crippen molar-refractivity contribution in [2.24, 2.45) is 0 Å². The average molecular weight is 423 g/mol. The van der Waals surface area contributed by atoms with E-state index in [2.05, 4.69) is 5.32 Å². The molecule has 0 radical (unpaired) electrons. The molecule has 7 heteroatoms. The molecular formula is C20H26N2O2S3. The highest BCUT2D eigenvalue weighted by molar-refractivity contribution is 8.26. The molecule has 3 rings (SSSR count). The van der Waals surface area contributed by atoms with Crippen LogP contribution < -0.4 is 5.32 Å². The minimum atomic E-state index is 0.00782. The van der Waals surface area contributed by atoms with Crippen LogP contribution in [-0.2, 0) is 9.59 Å². The number of thiocarbonyl (C=S) groups is 1. The fraction of sp³-hybridized carbons (Fsp3) is 0.550. The highest BCUT2D eigenvalue weighted by Gasteiger charge is 2.31. The second kappa shape index (κ2) is 10.4. The summed E-state index contributed by atoms with van der Waals surface area (Å²) < 4.78 is 0.637. The Kier molecular flexibility index (Phi) is 7.91. The number of amides is 2. The van der Waals surface area contributed by atoms with Crippen LogP contribution in [0.3, 0.4) is 0 Å². The fourth-order valence-electron chi connectivity index (χ4n) is 3.47. The summed E-state index contributed by atoms with van der Waals surface area (Å²) in [6, 6.07) is 4.36. The van der Waals surface area contributed by atoms with Crippen molar-refractivity contribution in [3.05, 3.63) is 27.3 Å². The Morgan fingerprint density at radius 2 is 2.07 bits per heavy atom. The van der Waals surface area contributed by atoms with E-state index in [0.29, 0.717) is 28.2 Å². The van der Waals surface area contributed by atoms with E-state index < -0.39 is 0 Å². The SMILES string of the molecule is O=C(CCCCCN1C(=O)/C(=C/c2cccs2)SC1=S)NC1CCCCC1. The minimum Gasteiger partial charge on any atom is -0.353 e. The molecule has 2 fully saturated rings. The van der Waals surface area contributed by atoms with Crippen LogP contribution in [-0.4, -0.2) is 33.6 Å². The maximum absolute atomic E-state index is 12.5. The first kappa shape index (κ1) is 20.6. The summed E-state index contributed by atoms with van der Waals surface area (Å²) in [7, 11) is 0. The fourth-order valence-corrected chi connectivity index (χ4v) is 5.51. The predicted octanol–water partition coefficient (Wildman–Crippen LogP) is 4.96. The van der Waals surface area contributed by atoms with E-state index in [1.807, 2.05) is 23.6 Å². The molecule has 1 N–H and O–H groups in total. The summed E-state index contributed by atoms with van der Waals surface area (Å²) in [6.45, 7) is 0.636. The number of carbonyl (C=O) groups is 2. The smallest absolute Gasteiger partial charge is 0.266 e. The van der Waals surface area contributed by atoms with Gasteiger partial charge in [-0.25, -0.2) is 0 Å². The predicted molar refractivity (Wildman–Crippen MR) is 118 cm³/mol. The van der Waals surface area contributed by atoms with E-state index >= 15 is 0 Å². The summed E-state index contributed by atoms with van der Waals surface area (Å²) >= 11 is 8.36. The highest BCUT2D eigenvalue weighted by Crippen LogP contribution is 2.33. The summed E-state index contributed by atoms with van der Waals surface area (Å²) in [5, 5.41) is 5.15. The molecule has 0 unspecified atom stereocenters. The molecule has 4 nitrogen and oxygen atoms in total. The van der Waals surface area contributed by atoms with Crippen LogP contribution >= 0.6 is 35.3 Å². The van der Waals surface area contributed by atoms with Crippen LogP contribution in [0.2, 0.25) is 0 Å². The number of nitrogens with zero attached hydrogens (tertiary/aromatic N) is 1. The maximum atomic E-state index is 12.5. The lowest BCUT2D eigenvalue weighted by Gasteiger charge is -2.22. The van der Waals surface area contributed by atoms with Gasteiger partial charge in [0.1, 0.15) is 4.32 Å². The third-order valence-corrected chi connectivity index (χ3v) is 7.14. The van der Waals surface area contributed by atoms with Gasteiger partial charge in [-0.1, -0.05) is 55.7 Å². The zero-order chi connectivity index (χ0) is 19.1. The van der Waals surface area contributed by atoms with Gasteiger partial charge < -0.3 is 5.32 Å². The van der Waals surface area contributed by atoms with Gasteiger partial charge in [0.25, 0.3) is 5.91 Å². The molecule has 1 aromatic heterocycles. The number of rotatable bonds is 8. The summed E-state index contributed by atoms with van der Waals surface area (Å²) in [4.78, 5) is 28.0. The van der Waals surface area contributed by atoms with Crippen LogP contribution in [0, 0.1) is 0 Å². The molecule has 27 heavy (non-hydrogen) atoms. The van der Waals surface area contributed by atoms with Gasteiger partial charge in [-0.05, 0) is 43.2 Å². The van der Waals surface area contributed by atoms with Gasteiger partial charge in [-0.15, -0.1) is 11.3 Å². The molecule has 0 aromatic carbocycles. The monoisotopic (exact) mass is 422 g/mol. The molecule has 0 spiro atoms. The van der Waals surface area contributed by atoms with Gasteiger partial charge in [0.2, 0.25) is 5.91 Å². The molecule has 1 aliphatic heterocycles. The number of nitrogens with one attached hydrogen (secondary N) is 1. The first-order valence-electron chi connectivity index (χ1n) is 9.72. The van der Waals surface area contributed by atoms with Gasteiger partial charge in [-0.3, -0.25) is 14.5 Å². The first-order chi connectivity index (χ1) is 13.1. The van der Waals surface area contributed by atoms with Crippen molar-refractivity contribution >= 4 is 57.5 Å². The van der Waals surface area contributed by atoms with E-state index in [-0.39, 0.29) is 11.8 Å². The number of hydrogen-bond acceptors (Lipinski definition) is 5. The number of thioether (sulfide) groups is 1. The van der Waals surface area contributed by atoms with E-state index in [9.17, 15) is 9.59 Å². The van der Waals surface area contributed by atoms with E-state index in [1.54, 1.807) is 16.2 Å². The molecule has 1 aromatic rings. The Bertz CT molecular complexity index is 694. The lowest BCUT2D eigenvalue weighted by molar-refractivity contribution is -0.123. The molecule has 1 saturated heterocycles. The number of carbonyl (C=O) groups excluding carboxylic acids is 2. The van der Waals surface area contributed by atoms with Crippen molar-refractivity contribution in [2.45, 2.75) is 63.8 Å². The topological polar surface area (TPSA) is 49.4 Å². The third kappa shape index (κ3) is 6.16. The molecule has 1 aliphatic carbocycles. The van der Waals surface area contributed by atoms with Crippen molar-refractivity contribution in [1.29, 1.82) is 0 Å². The molecule has 146 valence electrons. The van der Waals surface area contributed by atoms with Crippen LogP contribution in [0.15, 0.2) is 22.4 Å². The zero-order valence-electron chi connectivity index (χ0n) is 15.4. The average Bonchev–Trinajstić information content (AvgIpc) is 3.26. The lowest BCUT2D eigenvalue weighted by atomic mass is 9.95. The van der Waals surface area contributed by atoms with Crippen molar-refractivity contribution in [3.63, 3.8) is 0 Å². The summed E-state index contributed by atoms with van der Waals surface area (Å²) in [5.74, 6) is 0.180. The number of hydrogen-bond donors (Lipinski definition) is 1. The number of unbranched alkanes of at least 4 members (excludes halogenated alkanes) is 2. The van der Waals surface area contributed by atoms with Gasteiger partial charge >= 0.3 is 0 Å². The van der Waals surface area contributed by atoms with Crippen LogP contribution in [0.1, 0.15) is 62.7 Å². The van der Waals surface area contributed by atoms with Gasteiger partial charge in [0.05, 0.1) is 4.91 Å². The minimum absolute atomic E-state index is 0.00782. The number of thiophene rings is 1. The standard InChI is InChI=1S/C20H26N2O2S3/c23-18(21-15-8-3-1-4-9-15)11-5-2-6-12-22-19(24)17(27-20(22)25)14-16-10-7-13-26-16/h7,10,13-15H,1-6,8-9,11-12H2,(H,21,23)/b17-14-. The second-order valence-corrected chi connectivity index (χ2v) is 9.72. The van der Waals surface area contributed by atoms with Crippen LogP contribution in [0.4, 0.5) is 0 Å². The molecule has 2 aliphatic rings. The van der Waals surface area contributed by atoms with Crippen molar-refractivity contribution in [1.82, 2.24) is 10.2 Å². The Morgan fingerprint density at radius 1 is 1.26 bits per heavy atom. The van der Waals surface area contributed by atoms with E-state index in [4.69, 9.17) is 12.2 Å². The molecule has 0 atom stereocenters. The Hall–Kier alpha value is -1.18. The Morgan fingerprint density at radius 3 is 2.81 bits per heavy atom. The van der Waals surface area contributed by atoms with Crippen LogP contribution in [0.5, 0.6) is 0 Å². The lowest BCUT2D eigenvalue weighted by Crippen LogP contribution is -2.36. The molecule has 1 saturated carbocycles. The Balaban J connectivity index is 1.34. The van der Waals surface area contributed by atoms with Crippen molar-refractivity contribution < 1.29 is 9.59 Å². The molecule has 2 heterocycles. The molecule has 2 amide bonds. The van der Waals surface area contributed by atoms with Gasteiger partial charge in [0, 0.05) is 23.9 Å². The maximum Gasteiger partial charge on any atom is 0.266 e. The molecular weight excluding hydrogens is 396 g/mol. The Labute approximate surface area is 174 Å².